The van der Waals surface area contributed by atoms with Crippen molar-refractivity contribution in [3.05, 3.63) is 22.8 Å². The minimum atomic E-state index is -0.490. The molecule has 0 bridgehead atoms. The van der Waals surface area contributed by atoms with Crippen LogP contribution in [0.1, 0.15) is 12.8 Å². The molecule has 5 nitrogen and oxygen atoms in total. The van der Waals surface area contributed by atoms with Gasteiger partial charge >= 0.3 is 5.97 Å². The Labute approximate surface area is 70.2 Å². The SMILES string of the molecule is C=CC(=O)OCCCC[N+](=O)[O-]. The molecule has 68 valence electrons. The van der Waals surface area contributed by atoms with Gasteiger partial charge in [0.1, 0.15) is 0 Å². The normalized spacial score (nSPS) is 9.00. The molecule has 0 saturated heterocycles. The molecule has 5 heteroatoms. The molecule has 0 rings (SSSR count). The molecule has 0 aromatic carbocycles. The van der Waals surface area contributed by atoms with E-state index in [4.69, 9.17) is 0 Å². The summed E-state index contributed by atoms with van der Waals surface area (Å²) in [6.07, 6.45) is 2.01. The molecule has 0 spiro atoms. The molecular formula is C7H11NO4. The van der Waals surface area contributed by atoms with E-state index >= 15 is 0 Å². The average Bonchev–Trinajstić information content (AvgIpc) is 2.03. The highest BCUT2D eigenvalue weighted by atomic mass is 16.6. The van der Waals surface area contributed by atoms with E-state index in [1.54, 1.807) is 0 Å². The second-order valence-corrected chi connectivity index (χ2v) is 2.14. The number of carbonyl (C=O) groups is 1. The van der Waals surface area contributed by atoms with E-state index < -0.39 is 10.9 Å². The van der Waals surface area contributed by atoms with Gasteiger partial charge in [0, 0.05) is 17.4 Å². The Balaban J connectivity index is 3.16. The lowest BCUT2D eigenvalue weighted by Crippen LogP contribution is -2.05. The standard InChI is InChI=1S/C7H11NO4/c1-2-7(9)12-6-4-3-5-8(10)11/h2H,1,3-6H2. The smallest absolute Gasteiger partial charge is 0.330 e. The van der Waals surface area contributed by atoms with Gasteiger partial charge < -0.3 is 4.74 Å². The highest BCUT2D eigenvalue weighted by Gasteiger charge is 1.98. The Bertz CT molecular complexity index is 178. The van der Waals surface area contributed by atoms with E-state index in [-0.39, 0.29) is 13.2 Å². The van der Waals surface area contributed by atoms with Crippen LogP contribution in [0, 0.1) is 10.1 Å². The summed E-state index contributed by atoms with van der Waals surface area (Å²) < 4.78 is 4.59. The fraction of sp³-hybridized carbons (Fsp3) is 0.571. The molecule has 0 aliphatic rings. The van der Waals surface area contributed by atoms with E-state index in [1.165, 1.54) is 0 Å². The monoisotopic (exact) mass is 173 g/mol. The summed E-state index contributed by atoms with van der Waals surface area (Å²) in [7, 11) is 0. The van der Waals surface area contributed by atoms with Crippen molar-refractivity contribution in [1.82, 2.24) is 0 Å². The number of unbranched alkanes of at least 4 members (excludes halogenated alkanes) is 1. The van der Waals surface area contributed by atoms with E-state index in [9.17, 15) is 14.9 Å². The minimum absolute atomic E-state index is 0.0777. The van der Waals surface area contributed by atoms with E-state index in [0.717, 1.165) is 6.08 Å². The third-order valence-electron chi connectivity index (χ3n) is 1.15. The second-order valence-electron chi connectivity index (χ2n) is 2.14. The molecule has 0 radical (unpaired) electrons. The lowest BCUT2D eigenvalue weighted by Gasteiger charge is -1.98. The van der Waals surface area contributed by atoms with Crippen LogP contribution in [0.25, 0.3) is 0 Å². The molecule has 0 heterocycles. The number of hydrogen-bond donors (Lipinski definition) is 0. The summed E-state index contributed by atoms with van der Waals surface area (Å²) in [5.41, 5.74) is 0. The Kier molecular flexibility index (Phi) is 5.60. The summed E-state index contributed by atoms with van der Waals surface area (Å²) >= 11 is 0. The number of esters is 1. The Morgan fingerprint density at radius 1 is 1.58 bits per heavy atom. The van der Waals surface area contributed by atoms with Crippen molar-refractivity contribution in [2.75, 3.05) is 13.2 Å². The molecule has 0 fully saturated rings. The van der Waals surface area contributed by atoms with Crippen LogP contribution in [0.4, 0.5) is 0 Å². The molecule has 0 aromatic heterocycles. The third-order valence-corrected chi connectivity index (χ3v) is 1.15. The molecule has 0 aromatic rings. The number of hydrogen-bond acceptors (Lipinski definition) is 4. The first-order valence-corrected chi connectivity index (χ1v) is 3.58. The third kappa shape index (κ3) is 6.73. The van der Waals surface area contributed by atoms with Crippen LogP contribution in [0.3, 0.4) is 0 Å². The molecule has 0 saturated carbocycles. The van der Waals surface area contributed by atoms with Crippen LogP contribution in [-0.4, -0.2) is 24.0 Å². The predicted molar refractivity (Wildman–Crippen MR) is 42.3 cm³/mol. The van der Waals surface area contributed by atoms with E-state index in [1.807, 2.05) is 0 Å². The summed E-state index contributed by atoms with van der Waals surface area (Å²) in [6, 6.07) is 0. The van der Waals surface area contributed by atoms with Gasteiger partial charge in [-0.25, -0.2) is 4.79 Å². The van der Waals surface area contributed by atoms with Crippen LogP contribution >= 0.6 is 0 Å². The highest BCUT2D eigenvalue weighted by Crippen LogP contribution is 1.91. The Morgan fingerprint density at radius 2 is 2.25 bits per heavy atom. The number of carbonyl (C=O) groups excluding carboxylic acids is 1. The average molecular weight is 173 g/mol. The Morgan fingerprint density at radius 3 is 2.75 bits per heavy atom. The van der Waals surface area contributed by atoms with Gasteiger partial charge in [0.2, 0.25) is 6.54 Å². The van der Waals surface area contributed by atoms with Crippen molar-refractivity contribution in [2.24, 2.45) is 0 Å². The summed E-state index contributed by atoms with van der Waals surface area (Å²) in [4.78, 5) is 19.9. The van der Waals surface area contributed by atoms with Gasteiger partial charge in [0.25, 0.3) is 0 Å². The minimum Gasteiger partial charge on any atom is -0.463 e. The molecule has 12 heavy (non-hydrogen) atoms. The van der Waals surface area contributed by atoms with Gasteiger partial charge in [-0.15, -0.1) is 0 Å². The van der Waals surface area contributed by atoms with Crippen molar-refractivity contribution in [3.63, 3.8) is 0 Å². The zero-order valence-corrected chi connectivity index (χ0v) is 6.69. The van der Waals surface area contributed by atoms with E-state index in [2.05, 4.69) is 11.3 Å². The molecule has 0 amide bonds. The maximum Gasteiger partial charge on any atom is 0.330 e. The zero-order valence-electron chi connectivity index (χ0n) is 6.69. The first kappa shape index (κ1) is 10.6. The van der Waals surface area contributed by atoms with Crippen molar-refractivity contribution >= 4 is 5.97 Å². The lowest BCUT2D eigenvalue weighted by molar-refractivity contribution is -0.480. The Hall–Kier alpha value is -1.39. The summed E-state index contributed by atoms with van der Waals surface area (Å²) in [5, 5.41) is 9.83. The molecule has 0 atom stereocenters. The van der Waals surface area contributed by atoms with Crippen LogP contribution in [0.15, 0.2) is 12.7 Å². The lowest BCUT2D eigenvalue weighted by atomic mass is 10.3. The fourth-order valence-corrected chi connectivity index (χ4v) is 0.575. The number of rotatable bonds is 6. The highest BCUT2D eigenvalue weighted by molar-refractivity contribution is 5.81. The molecule has 0 unspecified atom stereocenters. The van der Waals surface area contributed by atoms with Crippen LogP contribution in [0.2, 0.25) is 0 Å². The molecule has 0 N–H and O–H groups in total. The quantitative estimate of drug-likeness (QED) is 0.195. The van der Waals surface area contributed by atoms with Crippen LogP contribution in [-0.2, 0) is 9.53 Å². The molecule has 0 aliphatic carbocycles. The first-order chi connectivity index (χ1) is 5.66. The predicted octanol–water partition coefficient (Wildman–Crippen LogP) is 0.772. The van der Waals surface area contributed by atoms with Gasteiger partial charge in [0.15, 0.2) is 0 Å². The zero-order chi connectivity index (χ0) is 9.40. The van der Waals surface area contributed by atoms with Crippen LogP contribution in [0.5, 0.6) is 0 Å². The van der Waals surface area contributed by atoms with Crippen molar-refractivity contribution in [3.8, 4) is 0 Å². The maximum absolute atomic E-state index is 10.4. The summed E-state index contributed by atoms with van der Waals surface area (Å²) in [6.45, 7) is 3.35. The van der Waals surface area contributed by atoms with Gasteiger partial charge in [-0.2, -0.15) is 0 Å². The second kappa shape index (κ2) is 6.33. The fourth-order valence-electron chi connectivity index (χ4n) is 0.575. The van der Waals surface area contributed by atoms with Gasteiger partial charge in [-0.1, -0.05) is 6.58 Å². The summed E-state index contributed by atoms with van der Waals surface area (Å²) in [5.74, 6) is -0.490. The van der Waals surface area contributed by atoms with Crippen molar-refractivity contribution in [2.45, 2.75) is 12.8 Å². The number of nitro groups is 1. The van der Waals surface area contributed by atoms with Gasteiger partial charge in [0.05, 0.1) is 6.61 Å². The number of ether oxygens (including phenoxy) is 1. The first-order valence-electron chi connectivity index (χ1n) is 3.58. The van der Waals surface area contributed by atoms with Gasteiger partial charge in [-0.05, 0) is 6.42 Å². The molecular weight excluding hydrogens is 162 g/mol. The van der Waals surface area contributed by atoms with Crippen LogP contribution < -0.4 is 0 Å². The molecule has 0 aliphatic heterocycles. The topological polar surface area (TPSA) is 69.4 Å². The van der Waals surface area contributed by atoms with Crippen molar-refractivity contribution < 1.29 is 14.5 Å². The maximum atomic E-state index is 10.4. The largest absolute Gasteiger partial charge is 0.463 e. The van der Waals surface area contributed by atoms with Crippen molar-refractivity contribution in [1.29, 1.82) is 0 Å². The number of nitrogens with zero attached hydrogens (tertiary/aromatic N) is 1. The van der Waals surface area contributed by atoms with Gasteiger partial charge in [-0.3, -0.25) is 10.1 Å². The van der Waals surface area contributed by atoms with E-state index in [0.29, 0.717) is 12.8 Å².